The van der Waals surface area contributed by atoms with Crippen LogP contribution in [0.15, 0.2) is 49.3 Å². The van der Waals surface area contributed by atoms with Crippen molar-refractivity contribution in [3.05, 3.63) is 54.9 Å². The summed E-state index contributed by atoms with van der Waals surface area (Å²) < 4.78 is 24.4. The van der Waals surface area contributed by atoms with Gasteiger partial charge in [0.15, 0.2) is 0 Å². The number of rotatable bonds is 8. The number of likely N-dealkylation sites (tertiary alicyclic amines) is 1. The number of nitrogens with one attached hydrogen (secondary N) is 1. The summed E-state index contributed by atoms with van der Waals surface area (Å²) in [4.78, 5) is 32.8. The molecule has 1 aromatic carbocycles. The Hall–Kier alpha value is -3.77. The van der Waals surface area contributed by atoms with E-state index in [4.69, 9.17) is 9.97 Å². The number of nitrogens with zero attached hydrogens (tertiary/aromatic N) is 6. The maximum absolute atomic E-state index is 12.6. The number of hydrogen-bond donors (Lipinski definition) is 2. The number of sulfone groups is 1. The number of benzene rings is 1. The number of amides is 1. The molecule has 240 valence electrons. The van der Waals surface area contributed by atoms with E-state index in [1.807, 2.05) is 24.1 Å². The number of aliphatic hydroxyl groups is 1. The lowest BCUT2D eigenvalue weighted by atomic mass is 9.71. The Labute approximate surface area is 265 Å². The third-order valence-corrected chi connectivity index (χ3v) is 11.0. The largest absolute Gasteiger partial charge is 0.390 e. The van der Waals surface area contributed by atoms with Gasteiger partial charge in [-0.1, -0.05) is 12.6 Å². The molecule has 12 heteroatoms. The summed E-state index contributed by atoms with van der Waals surface area (Å²) in [6.45, 7) is 13.8. The molecule has 45 heavy (non-hydrogen) atoms. The van der Waals surface area contributed by atoms with Gasteiger partial charge in [0.05, 0.1) is 17.4 Å². The highest BCUT2D eigenvalue weighted by Gasteiger charge is 2.53. The summed E-state index contributed by atoms with van der Waals surface area (Å²) in [5, 5.41) is 15.6. The first kappa shape index (κ1) is 31.2. The summed E-state index contributed by atoms with van der Waals surface area (Å²) in [6, 6.07) is 7.92. The monoisotopic (exact) mass is 633 g/mol. The minimum absolute atomic E-state index is 0.0125. The van der Waals surface area contributed by atoms with E-state index < -0.39 is 15.4 Å². The molecule has 2 aromatic heterocycles. The van der Waals surface area contributed by atoms with Crippen molar-refractivity contribution in [2.75, 3.05) is 46.8 Å². The van der Waals surface area contributed by atoms with E-state index in [1.54, 1.807) is 12.3 Å². The smallest absolute Gasteiger partial charge is 0.246 e. The first-order valence-electron chi connectivity index (χ1n) is 15.6. The number of aromatic nitrogens is 3. The van der Waals surface area contributed by atoms with Crippen molar-refractivity contribution in [3.8, 4) is 0 Å². The second-order valence-corrected chi connectivity index (χ2v) is 15.8. The van der Waals surface area contributed by atoms with Crippen molar-refractivity contribution in [1.82, 2.24) is 19.9 Å². The minimum Gasteiger partial charge on any atom is -0.390 e. The molecule has 3 aliphatic rings. The molecular formula is C33H43N7O4S. The van der Waals surface area contributed by atoms with Crippen LogP contribution in [0.1, 0.15) is 58.6 Å². The zero-order valence-electron chi connectivity index (χ0n) is 26.7. The highest BCUT2D eigenvalue weighted by atomic mass is 32.2. The number of carbonyl (C=O) groups excluding carboxylic acids is 1. The third kappa shape index (κ3) is 5.85. The van der Waals surface area contributed by atoms with Crippen molar-refractivity contribution in [2.24, 2.45) is 5.92 Å². The molecule has 3 saturated heterocycles. The van der Waals surface area contributed by atoms with Gasteiger partial charge in [-0.25, -0.2) is 18.4 Å². The summed E-state index contributed by atoms with van der Waals surface area (Å²) in [7, 11) is -3.14. The van der Waals surface area contributed by atoms with E-state index in [-0.39, 0.29) is 35.2 Å². The molecule has 5 heterocycles. The van der Waals surface area contributed by atoms with Crippen LogP contribution < -0.4 is 15.1 Å². The summed E-state index contributed by atoms with van der Waals surface area (Å²) in [5.74, 6) is 1.85. The maximum Gasteiger partial charge on any atom is 0.246 e. The summed E-state index contributed by atoms with van der Waals surface area (Å²) in [5.41, 5.74) is 0.973. The molecule has 2 N–H and O–H groups in total. The Morgan fingerprint density at radius 2 is 1.84 bits per heavy atom. The van der Waals surface area contributed by atoms with E-state index in [0.717, 1.165) is 28.4 Å². The first-order chi connectivity index (χ1) is 21.2. The van der Waals surface area contributed by atoms with Crippen molar-refractivity contribution < 1.29 is 18.3 Å². The van der Waals surface area contributed by atoms with Crippen LogP contribution in [0.25, 0.3) is 10.8 Å². The molecule has 0 radical (unpaired) electrons. The SMILES string of the molecule is C=CC(=O)N1CC[C@@H]1c1ccc(N2[C@H](C)[C@@H](CS(C)(=O)=O)C2(C)C)c2cnc(Nc3ccnc(N4CCC(C)(O)CC4)n3)cc12. The fourth-order valence-electron chi connectivity index (χ4n) is 7.39. The lowest BCUT2D eigenvalue weighted by Crippen LogP contribution is -2.71. The van der Waals surface area contributed by atoms with Crippen LogP contribution in [0.3, 0.4) is 0 Å². The topological polar surface area (TPSA) is 132 Å². The fourth-order valence-corrected chi connectivity index (χ4v) is 8.73. The van der Waals surface area contributed by atoms with Crippen LogP contribution in [-0.4, -0.2) is 88.1 Å². The summed E-state index contributed by atoms with van der Waals surface area (Å²) >= 11 is 0. The Kier molecular flexibility index (Phi) is 7.80. The standard InChI is InChI=1S/C33H43N7O4S/c1-7-30(41)39-15-11-26(39)22-8-9-27(40-21(2)25(32(40,3)4)20-45(6,43)44)24-19-35-29(18-23(22)24)36-28-10-14-34-31(37-28)38-16-12-33(5,42)13-17-38/h7-10,14,18-19,21,25-26,42H,1,11-13,15-17,20H2,2-6H3,(H,34,35,36,37)/t21-,25-,26-/m1/s1. The molecule has 0 bridgehead atoms. The van der Waals surface area contributed by atoms with Gasteiger partial charge in [-0.2, -0.15) is 4.98 Å². The van der Waals surface area contributed by atoms with Gasteiger partial charge in [0, 0.05) is 66.9 Å². The number of anilines is 4. The lowest BCUT2D eigenvalue weighted by molar-refractivity contribution is -0.133. The van der Waals surface area contributed by atoms with Crippen LogP contribution in [0.4, 0.5) is 23.3 Å². The van der Waals surface area contributed by atoms with Gasteiger partial charge in [-0.3, -0.25) is 4.79 Å². The van der Waals surface area contributed by atoms with E-state index in [0.29, 0.717) is 50.1 Å². The van der Waals surface area contributed by atoms with Crippen LogP contribution >= 0.6 is 0 Å². The first-order valence-corrected chi connectivity index (χ1v) is 17.6. The number of piperidine rings is 1. The van der Waals surface area contributed by atoms with E-state index in [2.05, 4.69) is 59.6 Å². The highest BCUT2D eigenvalue weighted by molar-refractivity contribution is 7.90. The van der Waals surface area contributed by atoms with Crippen molar-refractivity contribution in [2.45, 2.75) is 70.2 Å². The second-order valence-electron chi connectivity index (χ2n) is 13.6. The average Bonchev–Trinajstić information content (AvgIpc) is 2.96. The maximum atomic E-state index is 12.6. The Bertz CT molecular complexity index is 1750. The predicted octanol–water partition coefficient (Wildman–Crippen LogP) is 4.23. The zero-order valence-corrected chi connectivity index (χ0v) is 27.5. The van der Waals surface area contributed by atoms with Gasteiger partial charge >= 0.3 is 0 Å². The van der Waals surface area contributed by atoms with Gasteiger partial charge in [-0.15, -0.1) is 0 Å². The Morgan fingerprint density at radius 1 is 1.11 bits per heavy atom. The lowest BCUT2D eigenvalue weighted by Gasteiger charge is -2.62. The molecule has 3 fully saturated rings. The van der Waals surface area contributed by atoms with Gasteiger partial charge < -0.3 is 25.1 Å². The molecule has 0 aliphatic carbocycles. The minimum atomic E-state index is -3.14. The fraction of sp³-hybridized carbons (Fsp3) is 0.515. The zero-order chi connectivity index (χ0) is 32.3. The number of pyridine rings is 1. The van der Waals surface area contributed by atoms with Crippen LogP contribution in [0.2, 0.25) is 0 Å². The molecule has 0 unspecified atom stereocenters. The molecule has 6 rings (SSSR count). The molecule has 3 aliphatic heterocycles. The molecule has 0 spiro atoms. The van der Waals surface area contributed by atoms with Gasteiger partial charge in [0.2, 0.25) is 11.9 Å². The molecular weight excluding hydrogens is 590 g/mol. The summed E-state index contributed by atoms with van der Waals surface area (Å²) in [6.07, 6.45) is 8.39. The van der Waals surface area contributed by atoms with E-state index >= 15 is 0 Å². The molecule has 3 aromatic rings. The van der Waals surface area contributed by atoms with Gasteiger partial charge in [-0.05, 0) is 82.2 Å². The van der Waals surface area contributed by atoms with Gasteiger partial charge in [0.1, 0.15) is 21.5 Å². The highest BCUT2D eigenvalue weighted by Crippen LogP contribution is 2.49. The third-order valence-electron chi connectivity index (χ3n) is 10.0. The molecule has 11 nitrogen and oxygen atoms in total. The van der Waals surface area contributed by atoms with Crippen molar-refractivity contribution in [1.29, 1.82) is 0 Å². The van der Waals surface area contributed by atoms with Crippen LogP contribution in [0, 0.1) is 5.92 Å². The number of carbonyl (C=O) groups is 1. The average molecular weight is 634 g/mol. The molecule has 1 amide bonds. The van der Waals surface area contributed by atoms with Crippen molar-refractivity contribution in [3.63, 3.8) is 0 Å². The van der Waals surface area contributed by atoms with E-state index in [1.165, 1.54) is 12.3 Å². The van der Waals surface area contributed by atoms with Crippen molar-refractivity contribution >= 4 is 49.8 Å². The molecule has 3 atom stereocenters. The van der Waals surface area contributed by atoms with E-state index in [9.17, 15) is 18.3 Å². The van der Waals surface area contributed by atoms with Crippen LogP contribution in [-0.2, 0) is 14.6 Å². The Morgan fingerprint density at radius 3 is 2.47 bits per heavy atom. The van der Waals surface area contributed by atoms with Gasteiger partial charge in [0.25, 0.3) is 0 Å². The van der Waals surface area contributed by atoms with Crippen LogP contribution in [0.5, 0.6) is 0 Å². The quantitative estimate of drug-likeness (QED) is 0.348. The predicted molar refractivity (Wildman–Crippen MR) is 178 cm³/mol. The number of fused-ring (bicyclic) bond motifs is 1. The molecule has 0 saturated carbocycles. The number of hydrogen-bond acceptors (Lipinski definition) is 10. The Balaban J connectivity index is 1.36. The normalized spacial score (nSPS) is 24.1. The second kappa shape index (κ2) is 11.2.